The number of hydrogen-bond acceptors (Lipinski definition) is 5. The smallest absolute Gasteiger partial charge is 0.175 e. The Balaban J connectivity index is 2.41. The molecular formula is C30H44O5. The Morgan fingerprint density at radius 3 is 1.77 bits per heavy atom. The molecule has 0 unspecified atom stereocenters. The van der Waals surface area contributed by atoms with Gasteiger partial charge < -0.3 is 19.7 Å². The lowest BCUT2D eigenvalue weighted by Gasteiger charge is -2.36. The molecule has 2 N–H and O–H groups in total. The second kappa shape index (κ2) is 12.5. The van der Waals surface area contributed by atoms with E-state index in [4.69, 9.17) is 14.6 Å². The van der Waals surface area contributed by atoms with Crippen molar-refractivity contribution in [1.29, 1.82) is 0 Å². The fourth-order valence-corrected chi connectivity index (χ4v) is 4.54. The Kier molecular flexibility index (Phi) is 10.3. The number of benzene rings is 2. The Morgan fingerprint density at radius 1 is 0.886 bits per heavy atom. The minimum absolute atomic E-state index is 0.0596. The maximum Gasteiger partial charge on any atom is 0.175 e. The van der Waals surface area contributed by atoms with E-state index in [1.807, 2.05) is 46.8 Å². The Labute approximate surface area is 211 Å². The summed E-state index contributed by atoms with van der Waals surface area (Å²) in [4.78, 5) is 12.3. The molecule has 2 aromatic carbocycles. The maximum absolute atomic E-state index is 12.3. The zero-order chi connectivity index (χ0) is 26.2. The van der Waals surface area contributed by atoms with Crippen LogP contribution in [-0.2, 0) is 10.2 Å². The number of hydrogen-bond donors (Lipinski definition) is 2. The first kappa shape index (κ1) is 28.9. The molecule has 0 aliphatic heterocycles. The molecule has 35 heavy (non-hydrogen) atoms. The van der Waals surface area contributed by atoms with Crippen LogP contribution in [0.25, 0.3) is 0 Å². The van der Waals surface area contributed by atoms with Gasteiger partial charge in [0.25, 0.3) is 0 Å². The van der Waals surface area contributed by atoms with E-state index in [0.717, 1.165) is 42.6 Å². The Hall–Kier alpha value is -2.37. The third-order valence-electron chi connectivity index (χ3n) is 6.65. The fourth-order valence-electron chi connectivity index (χ4n) is 4.54. The molecule has 5 nitrogen and oxygen atoms in total. The number of aliphatic hydroxyl groups excluding tert-OH is 2. The van der Waals surface area contributed by atoms with Crippen molar-refractivity contribution >= 4 is 5.78 Å². The highest BCUT2D eigenvalue weighted by Crippen LogP contribution is 2.43. The highest BCUT2D eigenvalue weighted by atomic mass is 16.5. The average molecular weight is 485 g/mol. The second-order valence-corrected chi connectivity index (χ2v) is 10.7. The fraction of sp³-hybridized carbons (Fsp3) is 0.567. The van der Waals surface area contributed by atoms with Gasteiger partial charge in [-0.15, -0.1) is 0 Å². The third-order valence-corrected chi connectivity index (χ3v) is 6.65. The Morgan fingerprint density at radius 2 is 1.37 bits per heavy atom. The van der Waals surface area contributed by atoms with Gasteiger partial charge in [0.1, 0.15) is 30.8 Å². The van der Waals surface area contributed by atoms with Crippen molar-refractivity contribution in [2.24, 2.45) is 5.41 Å². The molecule has 0 aliphatic carbocycles. The molecule has 0 saturated carbocycles. The van der Waals surface area contributed by atoms with Crippen LogP contribution in [0.2, 0.25) is 0 Å². The predicted octanol–water partition coefficient (Wildman–Crippen LogP) is 5.92. The summed E-state index contributed by atoms with van der Waals surface area (Å²) in [5.41, 5.74) is 3.94. The second-order valence-electron chi connectivity index (χ2n) is 10.7. The summed E-state index contributed by atoms with van der Waals surface area (Å²) in [6, 6.07) is 12.6. The van der Waals surface area contributed by atoms with Gasteiger partial charge in [0.15, 0.2) is 5.78 Å². The van der Waals surface area contributed by atoms with Crippen LogP contribution < -0.4 is 9.47 Å². The summed E-state index contributed by atoms with van der Waals surface area (Å²) in [6.07, 6.45) is 3.20. The van der Waals surface area contributed by atoms with E-state index in [2.05, 4.69) is 38.1 Å². The van der Waals surface area contributed by atoms with Crippen molar-refractivity contribution in [3.8, 4) is 11.5 Å². The summed E-state index contributed by atoms with van der Waals surface area (Å²) < 4.78 is 11.6. The van der Waals surface area contributed by atoms with Crippen LogP contribution in [0, 0.1) is 19.3 Å². The molecule has 0 aliphatic rings. The molecule has 0 heterocycles. The van der Waals surface area contributed by atoms with E-state index in [1.165, 1.54) is 11.1 Å². The molecule has 0 amide bonds. The lowest BCUT2D eigenvalue weighted by molar-refractivity contribution is -0.128. The lowest BCUT2D eigenvalue weighted by atomic mass is 9.68. The minimum Gasteiger partial charge on any atom is -0.491 e. The van der Waals surface area contributed by atoms with Crippen molar-refractivity contribution in [1.82, 2.24) is 0 Å². The topological polar surface area (TPSA) is 76.0 Å². The van der Waals surface area contributed by atoms with Gasteiger partial charge in [-0.25, -0.2) is 0 Å². The van der Waals surface area contributed by atoms with Crippen LogP contribution in [-0.4, -0.2) is 41.9 Å². The SMILES string of the molecule is CCCC(CCC)(c1ccc(OCC(=O)C(C)(C)C)c(C)c1)c1ccc(OC[C@H](O)CO)c(C)c1. The van der Waals surface area contributed by atoms with Crippen LogP contribution in [0.15, 0.2) is 36.4 Å². The number of Topliss-reactive ketones (excluding diaryl/α,β-unsaturated/α-hetero) is 1. The molecule has 1 atom stereocenters. The largest absolute Gasteiger partial charge is 0.491 e. The molecule has 0 aromatic heterocycles. The number of aliphatic hydroxyl groups is 2. The molecule has 2 aromatic rings. The van der Waals surface area contributed by atoms with E-state index < -0.39 is 11.5 Å². The van der Waals surface area contributed by atoms with E-state index >= 15 is 0 Å². The van der Waals surface area contributed by atoms with Crippen LogP contribution >= 0.6 is 0 Å². The first-order chi connectivity index (χ1) is 16.5. The van der Waals surface area contributed by atoms with E-state index in [-0.39, 0.29) is 31.0 Å². The molecule has 5 heteroatoms. The summed E-state index contributed by atoms with van der Waals surface area (Å²) in [5, 5.41) is 18.7. The van der Waals surface area contributed by atoms with E-state index in [9.17, 15) is 9.90 Å². The van der Waals surface area contributed by atoms with Crippen molar-refractivity contribution in [2.45, 2.75) is 85.7 Å². The third kappa shape index (κ3) is 7.31. The van der Waals surface area contributed by atoms with Crippen LogP contribution in [0.3, 0.4) is 0 Å². The summed E-state index contributed by atoms with van der Waals surface area (Å²) in [7, 11) is 0. The molecule has 0 saturated heterocycles. The van der Waals surface area contributed by atoms with Crippen molar-refractivity contribution < 1.29 is 24.5 Å². The van der Waals surface area contributed by atoms with Crippen molar-refractivity contribution in [3.63, 3.8) is 0 Å². The number of rotatable bonds is 13. The molecular weight excluding hydrogens is 440 g/mol. The van der Waals surface area contributed by atoms with Gasteiger partial charge in [-0.2, -0.15) is 0 Å². The number of ketones is 1. The number of ether oxygens (including phenoxy) is 2. The first-order valence-electron chi connectivity index (χ1n) is 12.8. The van der Waals surface area contributed by atoms with E-state index in [0.29, 0.717) is 5.75 Å². The molecule has 0 bridgehead atoms. The lowest BCUT2D eigenvalue weighted by Crippen LogP contribution is -2.28. The normalized spacial score (nSPS) is 12.9. The summed E-state index contributed by atoms with van der Waals surface area (Å²) >= 11 is 0. The minimum atomic E-state index is -0.893. The zero-order valence-corrected chi connectivity index (χ0v) is 22.6. The van der Waals surface area contributed by atoms with Crippen LogP contribution in [0.5, 0.6) is 11.5 Å². The van der Waals surface area contributed by atoms with Gasteiger partial charge in [0, 0.05) is 10.8 Å². The standard InChI is InChI=1S/C30H44O5/c1-8-14-30(15-9-2,23-10-12-26(21(3)16-23)34-19-25(32)18-31)24-11-13-27(22(4)17-24)35-20-28(33)29(5,6)7/h10-13,16-17,25,31-32H,8-9,14-15,18-20H2,1-7H3/t25-/m1/s1. The van der Waals surface area contributed by atoms with E-state index in [1.54, 1.807) is 0 Å². The van der Waals surface area contributed by atoms with Gasteiger partial charge in [-0.05, 0) is 61.1 Å². The van der Waals surface area contributed by atoms with Gasteiger partial charge in [0.2, 0.25) is 0 Å². The number of carbonyl (C=O) groups is 1. The monoisotopic (exact) mass is 484 g/mol. The number of aryl methyl sites for hydroxylation is 2. The van der Waals surface area contributed by atoms with Crippen molar-refractivity contribution in [3.05, 3.63) is 58.7 Å². The molecule has 194 valence electrons. The maximum atomic E-state index is 12.3. The molecule has 0 spiro atoms. The van der Waals surface area contributed by atoms with Crippen LogP contribution in [0.4, 0.5) is 0 Å². The molecule has 0 radical (unpaired) electrons. The van der Waals surface area contributed by atoms with Gasteiger partial charge in [-0.3, -0.25) is 4.79 Å². The van der Waals surface area contributed by atoms with Gasteiger partial charge >= 0.3 is 0 Å². The summed E-state index contributed by atoms with van der Waals surface area (Å²) in [6.45, 7) is 14.0. The quantitative estimate of drug-likeness (QED) is 0.369. The highest BCUT2D eigenvalue weighted by Gasteiger charge is 2.33. The van der Waals surface area contributed by atoms with Crippen molar-refractivity contribution in [2.75, 3.05) is 19.8 Å². The average Bonchev–Trinajstić information content (AvgIpc) is 2.81. The van der Waals surface area contributed by atoms with Crippen LogP contribution in [0.1, 0.15) is 82.6 Å². The highest BCUT2D eigenvalue weighted by molar-refractivity contribution is 5.85. The zero-order valence-electron chi connectivity index (χ0n) is 22.6. The summed E-state index contributed by atoms with van der Waals surface area (Å²) in [5.74, 6) is 1.54. The molecule has 2 rings (SSSR count). The molecule has 0 fully saturated rings. The van der Waals surface area contributed by atoms with Gasteiger partial charge in [0.05, 0.1) is 6.61 Å². The predicted molar refractivity (Wildman–Crippen MR) is 141 cm³/mol. The van der Waals surface area contributed by atoms with Gasteiger partial charge in [-0.1, -0.05) is 71.7 Å². The first-order valence-corrected chi connectivity index (χ1v) is 12.8. The number of carbonyl (C=O) groups excluding carboxylic acids is 1. The Bertz CT molecular complexity index is 967.